The summed E-state index contributed by atoms with van der Waals surface area (Å²) in [5, 5.41) is 9.55. The van der Waals surface area contributed by atoms with Crippen LogP contribution in [0.1, 0.15) is 60.3 Å². The quantitative estimate of drug-likeness (QED) is 0.813. The van der Waals surface area contributed by atoms with Crippen molar-refractivity contribution in [3.63, 3.8) is 0 Å². The topological polar surface area (TPSA) is 66.8 Å². The van der Waals surface area contributed by atoms with E-state index in [1.54, 1.807) is 20.8 Å². The first-order valence-corrected chi connectivity index (χ1v) is 7.45. The normalized spacial score (nSPS) is 16.9. The molecule has 1 N–H and O–H groups in total. The van der Waals surface area contributed by atoms with E-state index in [2.05, 4.69) is 0 Å². The van der Waals surface area contributed by atoms with Crippen LogP contribution in [0.25, 0.3) is 0 Å². The molecule has 5 nitrogen and oxygen atoms in total. The van der Waals surface area contributed by atoms with E-state index < -0.39 is 23.7 Å². The van der Waals surface area contributed by atoms with Gasteiger partial charge < -0.3 is 9.84 Å². The third kappa shape index (κ3) is 4.39. The van der Waals surface area contributed by atoms with Gasteiger partial charge in [0.25, 0.3) is 0 Å². The van der Waals surface area contributed by atoms with Gasteiger partial charge in [-0.25, -0.2) is 9.59 Å². The number of aliphatic carboxylic acids is 1. The molecular formula is C15H27NO4. The number of hydrogen-bond acceptors (Lipinski definition) is 3. The highest BCUT2D eigenvalue weighted by molar-refractivity contribution is 5.81. The number of carbonyl (C=O) groups is 2. The van der Waals surface area contributed by atoms with E-state index in [1.165, 1.54) is 4.90 Å². The van der Waals surface area contributed by atoms with Gasteiger partial charge in [-0.3, -0.25) is 4.90 Å². The van der Waals surface area contributed by atoms with Gasteiger partial charge in [0.2, 0.25) is 0 Å². The van der Waals surface area contributed by atoms with Crippen molar-refractivity contribution in [3.05, 3.63) is 0 Å². The third-order valence-electron chi connectivity index (χ3n) is 3.59. The van der Waals surface area contributed by atoms with Gasteiger partial charge in [0, 0.05) is 6.04 Å². The van der Waals surface area contributed by atoms with Crippen LogP contribution in [0.4, 0.5) is 4.79 Å². The summed E-state index contributed by atoms with van der Waals surface area (Å²) in [5.74, 6) is -0.975. The predicted molar refractivity (Wildman–Crippen MR) is 76.6 cm³/mol. The molecule has 0 spiro atoms. The largest absolute Gasteiger partial charge is 0.480 e. The monoisotopic (exact) mass is 285 g/mol. The molecule has 1 aliphatic carbocycles. The predicted octanol–water partition coefficient (Wildman–Crippen LogP) is 3.28. The second kappa shape index (κ2) is 6.46. The van der Waals surface area contributed by atoms with Crippen LogP contribution in [0.3, 0.4) is 0 Å². The maximum absolute atomic E-state index is 12.4. The standard InChI is InChI=1S/C15H27NO4/c1-6-10(7-2)12(13(17)18)16(11-8-9-11)14(19)20-15(3,4)5/h10-12H,6-9H2,1-5H3,(H,17,18). The molecular weight excluding hydrogens is 258 g/mol. The van der Waals surface area contributed by atoms with Gasteiger partial charge in [0.15, 0.2) is 0 Å². The van der Waals surface area contributed by atoms with Crippen molar-refractivity contribution in [2.45, 2.75) is 78.0 Å². The van der Waals surface area contributed by atoms with E-state index in [4.69, 9.17) is 4.74 Å². The lowest BCUT2D eigenvalue weighted by Gasteiger charge is -2.35. The van der Waals surface area contributed by atoms with Crippen molar-refractivity contribution in [1.29, 1.82) is 0 Å². The number of ether oxygens (including phenoxy) is 1. The first-order valence-electron chi connectivity index (χ1n) is 7.45. The van der Waals surface area contributed by atoms with E-state index in [0.717, 1.165) is 25.7 Å². The molecule has 5 heteroatoms. The lowest BCUT2D eigenvalue weighted by atomic mass is 9.93. The van der Waals surface area contributed by atoms with Crippen LogP contribution in [0.2, 0.25) is 0 Å². The maximum atomic E-state index is 12.4. The Morgan fingerprint density at radius 1 is 1.25 bits per heavy atom. The number of nitrogens with zero attached hydrogens (tertiary/aromatic N) is 1. The minimum Gasteiger partial charge on any atom is -0.480 e. The van der Waals surface area contributed by atoms with Gasteiger partial charge in [0.1, 0.15) is 11.6 Å². The molecule has 0 aromatic heterocycles. The van der Waals surface area contributed by atoms with E-state index in [1.807, 2.05) is 13.8 Å². The maximum Gasteiger partial charge on any atom is 0.411 e. The average Bonchev–Trinajstić information content (AvgIpc) is 3.10. The first-order chi connectivity index (χ1) is 9.21. The molecule has 0 aliphatic heterocycles. The van der Waals surface area contributed by atoms with Gasteiger partial charge in [-0.2, -0.15) is 0 Å². The van der Waals surface area contributed by atoms with E-state index in [9.17, 15) is 14.7 Å². The average molecular weight is 285 g/mol. The minimum absolute atomic E-state index is 0.0200. The summed E-state index contributed by atoms with van der Waals surface area (Å²) in [4.78, 5) is 25.5. The van der Waals surface area contributed by atoms with Crippen LogP contribution in [0, 0.1) is 5.92 Å². The Morgan fingerprint density at radius 3 is 2.05 bits per heavy atom. The molecule has 0 heterocycles. The molecule has 0 aromatic carbocycles. The fourth-order valence-electron chi connectivity index (χ4n) is 2.44. The van der Waals surface area contributed by atoms with Crippen molar-refractivity contribution in [2.75, 3.05) is 0 Å². The third-order valence-corrected chi connectivity index (χ3v) is 3.59. The second-order valence-corrected chi connectivity index (χ2v) is 6.48. The van der Waals surface area contributed by atoms with Crippen LogP contribution in [-0.2, 0) is 9.53 Å². The minimum atomic E-state index is -0.934. The molecule has 0 bridgehead atoms. The Bertz CT molecular complexity index is 353. The molecule has 1 amide bonds. The summed E-state index contributed by atoms with van der Waals surface area (Å²) < 4.78 is 5.40. The summed E-state index contributed by atoms with van der Waals surface area (Å²) in [6.45, 7) is 9.31. The number of amides is 1. The van der Waals surface area contributed by atoms with Crippen LogP contribution in [-0.4, -0.2) is 39.8 Å². The van der Waals surface area contributed by atoms with Crippen molar-refractivity contribution in [1.82, 2.24) is 4.90 Å². The van der Waals surface area contributed by atoms with Gasteiger partial charge in [0.05, 0.1) is 0 Å². The Kier molecular flexibility index (Phi) is 5.42. The Labute approximate surface area is 121 Å². The molecule has 1 aliphatic rings. The van der Waals surface area contributed by atoms with E-state index in [-0.39, 0.29) is 12.0 Å². The van der Waals surface area contributed by atoms with Crippen LogP contribution in [0.5, 0.6) is 0 Å². The molecule has 1 saturated carbocycles. The fourth-order valence-corrected chi connectivity index (χ4v) is 2.44. The first kappa shape index (κ1) is 16.8. The second-order valence-electron chi connectivity index (χ2n) is 6.48. The molecule has 20 heavy (non-hydrogen) atoms. The van der Waals surface area contributed by atoms with Crippen LogP contribution >= 0.6 is 0 Å². The molecule has 0 aromatic rings. The Morgan fingerprint density at radius 2 is 1.75 bits per heavy atom. The van der Waals surface area contributed by atoms with Gasteiger partial charge in [-0.05, 0) is 39.5 Å². The molecule has 1 fully saturated rings. The van der Waals surface area contributed by atoms with Gasteiger partial charge >= 0.3 is 12.1 Å². The highest BCUT2D eigenvalue weighted by atomic mass is 16.6. The molecule has 116 valence electrons. The highest BCUT2D eigenvalue weighted by Gasteiger charge is 2.45. The zero-order chi connectivity index (χ0) is 15.5. The SMILES string of the molecule is CCC(CC)C(C(=O)O)N(C(=O)OC(C)(C)C)C1CC1. The summed E-state index contributed by atoms with van der Waals surface area (Å²) in [6.07, 6.45) is 2.70. The summed E-state index contributed by atoms with van der Waals surface area (Å²) in [6, 6.07) is -0.765. The van der Waals surface area contributed by atoms with Crippen molar-refractivity contribution in [2.24, 2.45) is 5.92 Å². The lowest BCUT2D eigenvalue weighted by molar-refractivity contribution is -0.145. The number of carboxylic acid groups (broad SMARTS) is 1. The zero-order valence-corrected chi connectivity index (χ0v) is 13.2. The molecule has 0 radical (unpaired) electrons. The van der Waals surface area contributed by atoms with Crippen molar-refractivity contribution < 1.29 is 19.4 Å². The Hall–Kier alpha value is -1.26. The highest BCUT2D eigenvalue weighted by Crippen LogP contribution is 2.33. The number of rotatable bonds is 6. The zero-order valence-electron chi connectivity index (χ0n) is 13.2. The van der Waals surface area contributed by atoms with Gasteiger partial charge in [-0.1, -0.05) is 26.7 Å². The number of carbonyl (C=O) groups excluding carboxylic acids is 1. The lowest BCUT2D eigenvalue weighted by Crippen LogP contribution is -2.51. The molecule has 1 unspecified atom stereocenters. The molecule has 1 atom stereocenters. The Balaban J connectivity index is 2.97. The molecule has 0 saturated heterocycles. The number of hydrogen-bond donors (Lipinski definition) is 1. The van der Waals surface area contributed by atoms with Gasteiger partial charge in [-0.15, -0.1) is 0 Å². The number of carboxylic acids is 1. The van der Waals surface area contributed by atoms with E-state index >= 15 is 0 Å². The fraction of sp³-hybridized carbons (Fsp3) is 0.867. The smallest absolute Gasteiger partial charge is 0.411 e. The van der Waals surface area contributed by atoms with Crippen molar-refractivity contribution in [3.8, 4) is 0 Å². The van der Waals surface area contributed by atoms with Crippen molar-refractivity contribution >= 4 is 12.1 Å². The summed E-state index contributed by atoms with van der Waals surface area (Å²) in [5.41, 5.74) is -0.610. The van der Waals surface area contributed by atoms with Crippen LogP contribution < -0.4 is 0 Å². The molecule has 1 rings (SSSR count). The van der Waals surface area contributed by atoms with E-state index in [0.29, 0.717) is 0 Å². The summed E-state index contributed by atoms with van der Waals surface area (Å²) >= 11 is 0. The summed E-state index contributed by atoms with van der Waals surface area (Å²) in [7, 11) is 0. The van der Waals surface area contributed by atoms with Crippen LogP contribution in [0.15, 0.2) is 0 Å².